The second-order valence-corrected chi connectivity index (χ2v) is 8.00. The Morgan fingerprint density at radius 2 is 1.66 bits per heavy atom. The van der Waals surface area contributed by atoms with E-state index in [2.05, 4.69) is 5.32 Å². The van der Waals surface area contributed by atoms with E-state index in [-0.39, 0.29) is 25.4 Å². The molecule has 0 radical (unpaired) electrons. The molecule has 0 unspecified atom stereocenters. The van der Waals surface area contributed by atoms with Crippen molar-refractivity contribution < 1.29 is 19.8 Å². The summed E-state index contributed by atoms with van der Waals surface area (Å²) in [6, 6.07) is 2.77. The molecule has 1 aromatic carbocycles. The zero-order valence-electron chi connectivity index (χ0n) is 16.0. The normalized spacial score (nSPS) is 13.4. The molecule has 0 bridgehead atoms. The van der Waals surface area contributed by atoms with Crippen LogP contribution in [0.3, 0.4) is 0 Å². The number of rotatable bonds is 10. The van der Waals surface area contributed by atoms with Gasteiger partial charge in [-0.05, 0) is 30.0 Å². The van der Waals surface area contributed by atoms with Gasteiger partial charge in [-0.25, -0.2) is 4.79 Å². The van der Waals surface area contributed by atoms with Crippen LogP contribution in [0.4, 0.5) is 0 Å². The highest BCUT2D eigenvalue weighted by Crippen LogP contribution is 2.22. The summed E-state index contributed by atoms with van der Waals surface area (Å²) in [5, 5.41) is 22.2. The van der Waals surface area contributed by atoms with Crippen LogP contribution < -0.4 is 11.0 Å². The van der Waals surface area contributed by atoms with E-state index in [4.69, 9.17) is 23.2 Å². The van der Waals surface area contributed by atoms with Gasteiger partial charge in [0.05, 0.1) is 23.1 Å². The molecule has 0 amide bonds. The second kappa shape index (κ2) is 9.96. The maximum atomic E-state index is 12.6. The van der Waals surface area contributed by atoms with Crippen LogP contribution >= 0.6 is 23.2 Å². The molecule has 0 spiro atoms. The van der Waals surface area contributed by atoms with Gasteiger partial charge in [0.15, 0.2) is 0 Å². The summed E-state index contributed by atoms with van der Waals surface area (Å²) < 4.78 is 2.64. The van der Waals surface area contributed by atoms with E-state index < -0.39 is 29.7 Å². The van der Waals surface area contributed by atoms with Crippen LogP contribution in [0.25, 0.3) is 0 Å². The Hall–Kier alpha value is -2.29. The molecule has 2 atom stereocenters. The minimum absolute atomic E-state index is 0.0630. The number of benzene rings is 1. The third-order valence-electron chi connectivity index (χ3n) is 4.34. The van der Waals surface area contributed by atoms with Crippen LogP contribution in [0, 0.1) is 5.92 Å². The molecule has 158 valence electrons. The van der Waals surface area contributed by atoms with Gasteiger partial charge in [0.25, 0.3) is 0 Å². The van der Waals surface area contributed by atoms with Gasteiger partial charge in [-0.1, -0.05) is 43.1 Å². The first kappa shape index (κ1) is 23.0. The van der Waals surface area contributed by atoms with Gasteiger partial charge in [0, 0.05) is 12.4 Å². The van der Waals surface area contributed by atoms with Gasteiger partial charge >= 0.3 is 17.6 Å². The number of hydrogen-bond acceptors (Lipinski definition) is 4. The lowest BCUT2D eigenvalue weighted by Gasteiger charge is -2.21. The van der Waals surface area contributed by atoms with Gasteiger partial charge < -0.3 is 10.2 Å². The highest BCUT2D eigenvalue weighted by molar-refractivity contribution is 6.42. The summed E-state index contributed by atoms with van der Waals surface area (Å²) >= 11 is 11.9. The smallest absolute Gasteiger partial charge is 0.328 e. The monoisotopic (exact) mass is 443 g/mol. The van der Waals surface area contributed by atoms with Gasteiger partial charge in [-0.3, -0.25) is 24.0 Å². The lowest BCUT2D eigenvalue weighted by atomic mass is 10.0. The summed E-state index contributed by atoms with van der Waals surface area (Å²) in [7, 11) is 0. The zero-order valence-corrected chi connectivity index (χ0v) is 17.5. The summed E-state index contributed by atoms with van der Waals surface area (Å²) in [6.45, 7) is 3.73. The molecule has 29 heavy (non-hydrogen) atoms. The molecular formula is C19H23Cl2N3O5. The van der Waals surface area contributed by atoms with Crippen molar-refractivity contribution in [3.63, 3.8) is 0 Å². The highest BCUT2D eigenvalue weighted by atomic mass is 35.5. The molecule has 2 rings (SSSR count). The molecule has 0 fully saturated rings. The van der Waals surface area contributed by atoms with Gasteiger partial charge in [-0.15, -0.1) is 0 Å². The number of halogens is 2. The maximum Gasteiger partial charge on any atom is 0.328 e. The van der Waals surface area contributed by atoms with Crippen LogP contribution in [0.1, 0.15) is 25.8 Å². The van der Waals surface area contributed by atoms with Crippen LogP contribution in [-0.4, -0.2) is 43.4 Å². The van der Waals surface area contributed by atoms with Crippen LogP contribution in [-0.2, 0) is 22.7 Å². The predicted molar refractivity (Wildman–Crippen MR) is 110 cm³/mol. The molecule has 8 nitrogen and oxygen atoms in total. The fourth-order valence-corrected chi connectivity index (χ4v) is 3.22. The van der Waals surface area contributed by atoms with E-state index >= 15 is 0 Å². The third-order valence-corrected chi connectivity index (χ3v) is 5.08. The number of aliphatic carboxylic acids is 2. The Morgan fingerprint density at radius 3 is 2.21 bits per heavy atom. The van der Waals surface area contributed by atoms with Crippen molar-refractivity contribution >= 4 is 35.1 Å². The Labute approximate surface area is 177 Å². The Kier molecular flexibility index (Phi) is 7.89. The Balaban J connectivity index is 2.16. The van der Waals surface area contributed by atoms with Crippen molar-refractivity contribution in [1.82, 2.24) is 14.5 Å². The number of nitrogens with one attached hydrogen (secondary N) is 1. The topological polar surface area (TPSA) is 114 Å². The lowest BCUT2D eigenvalue weighted by molar-refractivity contribution is -0.143. The van der Waals surface area contributed by atoms with Crippen molar-refractivity contribution in [1.29, 1.82) is 0 Å². The van der Waals surface area contributed by atoms with Crippen molar-refractivity contribution in [3.8, 4) is 0 Å². The number of carbonyl (C=O) groups is 2. The fourth-order valence-electron chi connectivity index (χ4n) is 2.90. The lowest BCUT2D eigenvalue weighted by Crippen LogP contribution is -2.50. The van der Waals surface area contributed by atoms with Crippen molar-refractivity contribution in [3.05, 3.63) is 56.7 Å². The van der Waals surface area contributed by atoms with E-state index in [1.807, 2.05) is 13.8 Å². The molecule has 0 saturated carbocycles. The first-order valence-electron chi connectivity index (χ1n) is 8.99. The van der Waals surface area contributed by atoms with Crippen LogP contribution in [0.5, 0.6) is 0 Å². The van der Waals surface area contributed by atoms with Gasteiger partial charge in [0.2, 0.25) is 0 Å². The number of hydrogen-bond donors (Lipinski definition) is 3. The largest absolute Gasteiger partial charge is 0.480 e. The number of nitrogens with zero attached hydrogens (tertiary/aromatic N) is 2. The third kappa shape index (κ3) is 6.35. The molecule has 10 heteroatoms. The molecule has 1 heterocycles. The molecule has 0 saturated heterocycles. The molecule has 0 aliphatic carbocycles. The molecule has 1 aromatic heterocycles. The number of carboxylic acids is 2. The van der Waals surface area contributed by atoms with Crippen molar-refractivity contribution in [2.75, 3.05) is 0 Å². The van der Waals surface area contributed by atoms with E-state index in [0.717, 1.165) is 5.56 Å². The van der Waals surface area contributed by atoms with Crippen molar-refractivity contribution in [2.45, 2.75) is 45.4 Å². The van der Waals surface area contributed by atoms with E-state index in [9.17, 15) is 24.6 Å². The van der Waals surface area contributed by atoms with Crippen molar-refractivity contribution in [2.24, 2.45) is 5.92 Å². The zero-order chi connectivity index (χ0) is 21.7. The summed E-state index contributed by atoms with van der Waals surface area (Å²) in [4.78, 5) is 35.7. The van der Waals surface area contributed by atoms with Gasteiger partial charge in [-0.2, -0.15) is 0 Å². The number of aromatic nitrogens is 2. The minimum atomic E-state index is -1.23. The first-order chi connectivity index (χ1) is 13.6. The molecule has 3 N–H and O–H groups in total. The maximum absolute atomic E-state index is 12.6. The molecule has 2 aromatic rings. The summed E-state index contributed by atoms with van der Waals surface area (Å²) in [6.07, 6.45) is 3.27. The summed E-state index contributed by atoms with van der Waals surface area (Å²) in [5.74, 6) is -2.30. The van der Waals surface area contributed by atoms with E-state index in [1.54, 1.807) is 18.2 Å². The molecule has 0 aliphatic rings. The van der Waals surface area contributed by atoms with Crippen LogP contribution in [0.2, 0.25) is 10.0 Å². The second-order valence-electron chi connectivity index (χ2n) is 7.19. The predicted octanol–water partition coefficient (Wildman–Crippen LogP) is 2.55. The number of imidazole rings is 1. The molecule has 0 aliphatic heterocycles. The average molecular weight is 444 g/mol. The average Bonchev–Trinajstić information content (AvgIpc) is 2.96. The quantitative estimate of drug-likeness (QED) is 0.519. The standard InChI is InChI=1S/C19H23Cl2N3O5/c1-11(2)7-15(17(25)26)22-16(18(27)28)10-24-6-5-23(19(24)29)9-12-3-4-13(20)14(21)8-12/h3-6,8,11,15-16,22H,7,9-10H2,1-2H3,(H,25,26)(H,27,28)/t15-,16-/m0/s1. The number of carboxylic acid groups (broad SMARTS) is 2. The van der Waals surface area contributed by atoms with Crippen LogP contribution in [0.15, 0.2) is 35.4 Å². The fraction of sp³-hybridized carbons (Fsp3) is 0.421. The Bertz CT molecular complexity index is 938. The minimum Gasteiger partial charge on any atom is -0.480 e. The Morgan fingerprint density at radius 1 is 1.03 bits per heavy atom. The molecular weight excluding hydrogens is 421 g/mol. The first-order valence-corrected chi connectivity index (χ1v) is 9.75. The van der Waals surface area contributed by atoms with E-state index in [0.29, 0.717) is 10.0 Å². The SMILES string of the molecule is CC(C)C[C@H](N[C@@H](Cn1ccn(Cc2ccc(Cl)c(Cl)c2)c1=O)C(=O)O)C(=O)O. The van der Waals surface area contributed by atoms with Gasteiger partial charge in [0.1, 0.15) is 12.1 Å². The van der Waals surface area contributed by atoms with E-state index in [1.165, 1.54) is 21.5 Å². The highest BCUT2D eigenvalue weighted by Gasteiger charge is 2.27. The summed E-state index contributed by atoms with van der Waals surface area (Å²) in [5.41, 5.74) is 0.342.